The summed E-state index contributed by atoms with van der Waals surface area (Å²) in [6.45, 7) is 0.0724. The summed E-state index contributed by atoms with van der Waals surface area (Å²) in [6.07, 6.45) is -6.74. The summed E-state index contributed by atoms with van der Waals surface area (Å²) in [5, 5.41) is 26.4. The van der Waals surface area contributed by atoms with Gasteiger partial charge in [-0.1, -0.05) is 13.8 Å². The van der Waals surface area contributed by atoms with Gasteiger partial charge >= 0.3 is 23.5 Å². The number of phosphoric ester groups is 3. The number of aliphatic imine (C=N–C) groups is 3. The van der Waals surface area contributed by atoms with E-state index in [1.165, 1.54) is 13.8 Å². The number of aliphatic hydroxyl groups excluding tert-OH is 2. The molecule has 0 saturated carbocycles. The zero-order chi connectivity index (χ0) is 41.1. The number of ether oxygens (including phenoxy) is 1. The molecule has 26 nitrogen and oxygen atoms in total. The van der Waals surface area contributed by atoms with E-state index in [1.54, 1.807) is 0 Å². The molecule has 30 heteroatoms. The second kappa shape index (κ2) is 17.4. The number of carbonyl (C=O) groups is 4. The van der Waals surface area contributed by atoms with E-state index < -0.39 is 103 Å². The molecule has 10 N–H and O–H groups in total. The van der Waals surface area contributed by atoms with Gasteiger partial charge in [-0.05, 0) is 0 Å². The molecule has 8 atom stereocenters. The van der Waals surface area contributed by atoms with Crippen molar-refractivity contribution in [2.75, 3.05) is 38.7 Å². The van der Waals surface area contributed by atoms with Gasteiger partial charge in [0.05, 0.1) is 13.2 Å². The SMILES string of the molecule is CC(C)(COP(=O)(O)OP(=O)(O)OC[C@H]1O[C@@H](N2CN=C3C2=NC=NC3(N)N2C(=O)C=CC2=O)[C@H](O)[C@@H]1OP(=O)(O)O)[C@@H](O)C(=O)NCCC(=O)NCCS. The third kappa shape index (κ3) is 11.0. The minimum absolute atomic E-state index is 0.122. The Morgan fingerprint density at radius 1 is 1.11 bits per heavy atom. The van der Waals surface area contributed by atoms with Gasteiger partial charge in [0.1, 0.15) is 43.1 Å². The Kier molecular flexibility index (Phi) is 14.2. The molecular weight excluding hydrogens is 825 g/mol. The maximum Gasteiger partial charge on any atom is 0.481 e. The van der Waals surface area contributed by atoms with Crippen molar-refractivity contribution in [1.29, 1.82) is 0 Å². The van der Waals surface area contributed by atoms with Gasteiger partial charge in [0.2, 0.25) is 17.6 Å². The lowest BCUT2D eigenvalue weighted by molar-refractivity contribution is -0.141. The Hall–Kier alpha value is -2.81. The molecule has 0 aromatic rings. The molecule has 1 saturated heterocycles. The van der Waals surface area contributed by atoms with Gasteiger partial charge in [-0.2, -0.15) is 16.9 Å². The monoisotopic (exact) mass is 864 g/mol. The second-order valence-corrected chi connectivity index (χ2v) is 17.3. The maximum atomic E-state index is 12.7. The first-order chi connectivity index (χ1) is 25.4. The number of nitrogens with zero attached hydrogens (tertiary/aromatic N) is 5. The molecule has 4 rings (SSSR count). The van der Waals surface area contributed by atoms with Gasteiger partial charge in [0.25, 0.3) is 11.8 Å². The number of nitrogens with one attached hydrogen (secondary N) is 2. The third-order valence-electron chi connectivity index (χ3n) is 7.96. The van der Waals surface area contributed by atoms with Crippen LogP contribution in [-0.4, -0.2) is 156 Å². The van der Waals surface area contributed by atoms with Crippen molar-refractivity contribution in [3.8, 4) is 0 Å². The average Bonchev–Trinajstić information content (AvgIpc) is 3.75. The van der Waals surface area contributed by atoms with Crippen LogP contribution in [0.2, 0.25) is 0 Å². The van der Waals surface area contributed by atoms with Crippen molar-refractivity contribution < 1.29 is 85.3 Å². The van der Waals surface area contributed by atoms with Crippen molar-refractivity contribution >= 4 is 77.6 Å². The van der Waals surface area contributed by atoms with Crippen LogP contribution in [0.15, 0.2) is 27.1 Å². The number of thiol groups is 1. The highest BCUT2D eigenvalue weighted by atomic mass is 32.1. The van der Waals surface area contributed by atoms with Crippen molar-refractivity contribution in [1.82, 2.24) is 20.4 Å². The van der Waals surface area contributed by atoms with Crippen molar-refractivity contribution in [3.63, 3.8) is 0 Å². The smallest absolute Gasteiger partial charge is 0.386 e. The number of imide groups is 1. The summed E-state index contributed by atoms with van der Waals surface area (Å²) >= 11 is 3.95. The lowest BCUT2D eigenvalue weighted by atomic mass is 9.87. The number of nitrogens with two attached hydrogens (primary N) is 1. The Morgan fingerprint density at radius 3 is 2.36 bits per heavy atom. The number of aliphatic hydroxyl groups is 2. The molecule has 0 bridgehead atoms. The molecular formula is C25H39N8O18P3S. The average molecular weight is 865 g/mol. The van der Waals surface area contributed by atoms with Gasteiger partial charge < -0.3 is 50.1 Å². The zero-order valence-corrected chi connectivity index (χ0v) is 32.3. The van der Waals surface area contributed by atoms with E-state index in [9.17, 15) is 62.7 Å². The molecule has 0 radical (unpaired) electrons. The molecule has 0 aromatic carbocycles. The maximum absolute atomic E-state index is 12.7. The second-order valence-electron chi connectivity index (χ2n) is 12.6. The number of phosphoric acid groups is 3. The lowest BCUT2D eigenvalue weighted by Crippen LogP contribution is -2.66. The summed E-state index contributed by atoms with van der Waals surface area (Å²) in [6, 6.07) is 0. The molecule has 4 heterocycles. The zero-order valence-electron chi connectivity index (χ0n) is 28.8. The van der Waals surface area contributed by atoms with Gasteiger partial charge in [0.15, 0.2) is 12.1 Å². The Morgan fingerprint density at radius 2 is 1.75 bits per heavy atom. The van der Waals surface area contributed by atoms with Gasteiger partial charge in [-0.15, -0.1) is 0 Å². The Balaban J connectivity index is 1.37. The van der Waals surface area contributed by atoms with Crippen LogP contribution >= 0.6 is 36.1 Å². The van der Waals surface area contributed by atoms with E-state index in [4.69, 9.17) is 19.5 Å². The fourth-order valence-corrected chi connectivity index (χ4v) is 8.22. The highest BCUT2D eigenvalue weighted by Crippen LogP contribution is 2.61. The molecule has 4 amide bonds. The van der Waals surface area contributed by atoms with Crippen LogP contribution in [0.1, 0.15) is 20.3 Å². The largest absolute Gasteiger partial charge is 0.481 e. The summed E-state index contributed by atoms with van der Waals surface area (Å²) in [7, 11) is -16.6. The van der Waals surface area contributed by atoms with E-state index in [1.807, 2.05) is 0 Å². The Labute approximate surface area is 316 Å². The highest BCUT2D eigenvalue weighted by molar-refractivity contribution is 7.80. The molecule has 55 heavy (non-hydrogen) atoms. The van der Waals surface area contributed by atoms with Gasteiger partial charge in [-0.3, -0.25) is 43.5 Å². The van der Waals surface area contributed by atoms with Crippen LogP contribution in [0.4, 0.5) is 0 Å². The predicted octanol–water partition coefficient (Wildman–Crippen LogP) is -3.57. The molecule has 0 aromatic heterocycles. The first kappa shape index (κ1) is 44.9. The first-order valence-electron chi connectivity index (χ1n) is 15.8. The van der Waals surface area contributed by atoms with Crippen LogP contribution in [0.3, 0.4) is 0 Å². The first-order valence-corrected chi connectivity index (χ1v) is 20.9. The fourth-order valence-electron chi connectivity index (χ4n) is 5.28. The molecule has 4 aliphatic rings. The molecule has 308 valence electrons. The molecule has 0 spiro atoms. The van der Waals surface area contributed by atoms with Crippen LogP contribution < -0.4 is 16.4 Å². The number of hydrogen-bond donors (Lipinski definition) is 10. The number of rotatable bonds is 19. The van der Waals surface area contributed by atoms with Crippen LogP contribution in [0.5, 0.6) is 0 Å². The predicted molar refractivity (Wildman–Crippen MR) is 186 cm³/mol. The van der Waals surface area contributed by atoms with E-state index in [0.29, 0.717) is 17.2 Å². The Bertz CT molecular complexity index is 1790. The van der Waals surface area contributed by atoms with Gasteiger partial charge in [-0.25, -0.2) is 28.6 Å². The van der Waals surface area contributed by atoms with Crippen LogP contribution in [-0.2, 0) is 55.5 Å². The van der Waals surface area contributed by atoms with Crippen molar-refractivity contribution in [2.24, 2.45) is 26.1 Å². The summed E-state index contributed by atoms with van der Waals surface area (Å²) < 4.78 is 61.2. The molecule has 4 aliphatic heterocycles. The minimum atomic E-state index is -5.63. The number of amides is 4. The van der Waals surface area contributed by atoms with Crippen molar-refractivity contribution in [3.05, 3.63) is 12.2 Å². The number of carbonyl (C=O) groups excluding carboxylic acids is 4. The van der Waals surface area contributed by atoms with Crippen LogP contribution in [0, 0.1) is 5.41 Å². The van der Waals surface area contributed by atoms with E-state index in [2.05, 4.69) is 47.1 Å². The topological polar surface area (TPSA) is 381 Å². The van der Waals surface area contributed by atoms with E-state index in [-0.39, 0.29) is 30.4 Å². The van der Waals surface area contributed by atoms with E-state index >= 15 is 0 Å². The fraction of sp³-hybridized carbons (Fsp3) is 0.640. The minimum Gasteiger partial charge on any atom is -0.386 e. The van der Waals surface area contributed by atoms with Crippen molar-refractivity contribution in [2.45, 2.75) is 56.7 Å². The summed E-state index contributed by atoms with van der Waals surface area (Å²) in [5.41, 5.74) is 4.45. The summed E-state index contributed by atoms with van der Waals surface area (Å²) in [5.74, 6) is -5.01. The van der Waals surface area contributed by atoms with Gasteiger partial charge in [0, 0.05) is 42.8 Å². The lowest BCUT2D eigenvalue weighted by Gasteiger charge is -2.36. The molecule has 3 unspecified atom stereocenters. The van der Waals surface area contributed by atoms with Crippen LogP contribution in [0.25, 0.3) is 0 Å². The number of hydrogen-bond acceptors (Lipinski definition) is 20. The molecule has 1 fully saturated rings. The highest BCUT2D eigenvalue weighted by Gasteiger charge is 2.56. The number of fused-ring (bicyclic) bond motifs is 1. The summed E-state index contributed by atoms with van der Waals surface area (Å²) in [4.78, 5) is 102. The quantitative estimate of drug-likeness (QED) is 0.0341. The third-order valence-corrected chi connectivity index (χ3v) is 11.3. The van der Waals surface area contributed by atoms with E-state index in [0.717, 1.165) is 23.4 Å². The normalized spacial score (nSPS) is 28.0. The standard InChI is InChI=1S/C25H39N8O18P3S/c1-24(2,20(38)22(39)28-6-5-14(34)27-7-8-55)10-48-54(45,46)51-53(43,44)47-9-13-18(50-52(40,41)42)17(37)23(49-13)32-12-30-19-21(32)29-11-31-25(19,26)33-15(35)3-4-16(33)36/h3-4,11,13,17-18,20,23,37-38,55H,5-10,12,26H2,1-2H3,(H,27,34)(H,28,39)(H,43,44)(H,45,46)(H2,40,41,42)/t13-,17-,18-,20+,23-,25?/m1/s1. The molecule has 0 aliphatic carbocycles. The number of amidine groups is 1.